The molecule has 0 saturated carbocycles. The van der Waals surface area contributed by atoms with Gasteiger partial charge in [0.2, 0.25) is 0 Å². The number of carbonyl (C=O) groups excluding carboxylic acids is 2. The molecule has 0 radical (unpaired) electrons. The fraction of sp³-hybridized carbons (Fsp3) is 0.231. The third-order valence-electron chi connectivity index (χ3n) is 5.74. The summed E-state index contributed by atoms with van der Waals surface area (Å²) in [6, 6.07) is 13.2. The van der Waals surface area contributed by atoms with Gasteiger partial charge in [0, 0.05) is 35.5 Å². The molecular formula is C26H26FN3O3. The molecule has 7 heteroatoms. The summed E-state index contributed by atoms with van der Waals surface area (Å²) in [6.45, 7) is 7.48. The summed E-state index contributed by atoms with van der Waals surface area (Å²) in [5.41, 5.74) is 3.57. The number of amides is 2. The van der Waals surface area contributed by atoms with Gasteiger partial charge >= 0.3 is 0 Å². The number of nitrogens with one attached hydrogen (secondary N) is 2. The fourth-order valence-corrected chi connectivity index (χ4v) is 3.84. The van der Waals surface area contributed by atoms with Gasteiger partial charge < -0.3 is 20.0 Å². The number of anilines is 1. The number of halogens is 1. The molecule has 2 N–H and O–H groups in total. The molecule has 0 atom stereocenters. The molecule has 2 aromatic carbocycles. The number of fused-ring (bicyclic) bond motifs is 1. The van der Waals surface area contributed by atoms with Crippen molar-refractivity contribution in [2.45, 2.75) is 13.8 Å². The lowest BCUT2D eigenvalue weighted by Gasteiger charge is -2.18. The van der Waals surface area contributed by atoms with E-state index in [4.69, 9.17) is 4.42 Å². The monoisotopic (exact) mass is 447 g/mol. The molecule has 0 bridgehead atoms. The Kier molecular flexibility index (Phi) is 6.70. The first-order chi connectivity index (χ1) is 16.0. The molecule has 0 fully saturated rings. The number of nitrogens with zero attached hydrogens (tertiary/aromatic N) is 1. The molecule has 33 heavy (non-hydrogen) atoms. The summed E-state index contributed by atoms with van der Waals surface area (Å²) < 4.78 is 19.3. The van der Waals surface area contributed by atoms with E-state index in [1.807, 2.05) is 18.2 Å². The van der Waals surface area contributed by atoms with E-state index in [0.29, 0.717) is 34.7 Å². The lowest BCUT2D eigenvalue weighted by atomic mass is 10.0. The lowest BCUT2D eigenvalue weighted by Crippen LogP contribution is -2.34. The first-order valence-corrected chi connectivity index (χ1v) is 11.0. The molecular weight excluding hydrogens is 421 g/mol. The zero-order valence-corrected chi connectivity index (χ0v) is 18.7. The number of carbonyl (C=O) groups is 2. The van der Waals surface area contributed by atoms with Gasteiger partial charge in [-0.2, -0.15) is 0 Å². The smallest absolute Gasteiger partial charge is 0.256 e. The zero-order valence-electron chi connectivity index (χ0n) is 18.7. The van der Waals surface area contributed by atoms with E-state index >= 15 is 0 Å². The molecule has 1 aliphatic rings. The van der Waals surface area contributed by atoms with Crippen LogP contribution >= 0.6 is 0 Å². The Labute approximate surface area is 192 Å². The second-order valence-electron chi connectivity index (χ2n) is 7.80. The van der Waals surface area contributed by atoms with Crippen LogP contribution in [0, 0.1) is 5.82 Å². The average Bonchev–Trinajstić information content (AvgIpc) is 3.41. The zero-order chi connectivity index (χ0) is 23.4. The van der Waals surface area contributed by atoms with Gasteiger partial charge in [-0.1, -0.05) is 26.0 Å². The van der Waals surface area contributed by atoms with Crippen LogP contribution in [0.15, 0.2) is 59.2 Å². The highest BCUT2D eigenvalue weighted by Gasteiger charge is 2.25. The molecule has 4 rings (SSSR count). The first kappa shape index (κ1) is 22.5. The Hall–Kier alpha value is -3.71. The van der Waals surface area contributed by atoms with E-state index < -0.39 is 5.82 Å². The Balaban J connectivity index is 1.50. The van der Waals surface area contributed by atoms with Crippen molar-refractivity contribution in [3.8, 4) is 11.1 Å². The summed E-state index contributed by atoms with van der Waals surface area (Å²) >= 11 is 0. The van der Waals surface area contributed by atoms with Gasteiger partial charge in [0.1, 0.15) is 11.6 Å². The topological polar surface area (TPSA) is 74.6 Å². The van der Waals surface area contributed by atoms with Crippen molar-refractivity contribution in [3.63, 3.8) is 0 Å². The highest BCUT2D eigenvalue weighted by molar-refractivity contribution is 6.34. The Morgan fingerprint density at radius 2 is 1.94 bits per heavy atom. The number of benzene rings is 2. The molecule has 3 aromatic rings. The molecule has 0 spiro atoms. The predicted molar refractivity (Wildman–Crippen MR) is 127 cm³/mol. The third-order valence-corrected chi connectivity index (χ3v) is 5.74. The SMILES string of the molecule is CCN(CC)CCNC(=O)c1cccc(-c2coc(/C=C3/C(=O)Nc4ccc(F)cc43)c2)c1. The van der Waals surface area contributed by atoms with Gasteiger partial charge in [0.25, 0.3) is 11.8 Å². The molecule has 1 aliphatic heterocycles. The average molecular weight is 448 g/mol. The van der Waals surface area contributed by atoms with E-state index in [1.165, 1.54) is 18.2 Å². The van der Waals surface area contributed by atoms with Crippen molar-refractivity contribution in [1.82, 2.24) is 10.2 Å². The largest absolute Gasteiger partial charge is 0.464 e. The number of hydrogen-bond donors (Lipinski definition) is 2. The van der Waals surface area contributed by atoms with Crippen LogP contribution in [0.1, 0.15) is 35.5 Å². The molecule has 2 amide bonds. The standard InChI is InChI=1S/C26H26FN3O3/c1-3-30(4-2)11-10-28-25(31)18-7-5-6-17(12-18)19-13-21(33-16-19)15-23-22-14-20(27)8-9-24(22)29-26(23)32/h5-9,12-16H,3-4,10-11H2,1-2H3,(H,28,31)(H,29,32)/b23-15+. The van der Waals surface area contributed by atoms with Crippen molar-refractivity contribution in [2.75, 3.05) is 31.5 Å². The van der Waals surface area contributed by atoms with Crippen molar-refractivity contribution in [2.24, 2.45) is 0 Å². The Morgan fingerprint density at radius 3 is 2.73 bits per heavy atom. The number of furan rings is 1. The van der Waals surface area contributed by atoms with Gasteiger partial charge in [0.05, 0.1) is 11.8 Å². The van der Waals surface area contributed by atoms with Crippen molar-refractivity contribution in [1.29, 1.82) is 0 Å². The van der Waals surface area contributed by atoms with Crippen LogP contribution in [0.3, 0.4) is 0 Å². The van der Waals surface area contributed by atoms with Crippen LogP contribution in [-0.4, -0.2) is 42.9 Å². The minimum atomic E-state index is -0.413. The number of likely N-dealkylation sites (N-methyl/N-ethyl adjacent to an activating group) is 1. The second-order valence-corrected chi connectivity index (χ2v) is 7.80. The summed E-state index contributed by atoms with van der Waals surface area (Å²) in [5.74, 6) is -0.391. The highest BCUT2D eigenvalue weighted by atomic mass is 19.1. The summed E-state index contributed by atoms with van der Waals surface area (Å²) in [6.07, 6.45) is 3.16. The van der Waals surface area contributed by atoms with E-state index in [9.17, 15) is 14.0 Å². The summed E-state index contributed by atoms with van der Waals surface area (Å²) in [5, 5.41) is 5.68. The summed E-state index contributed by atoms with van der Waals surface area (Å²) in [7, 11) is 0. The molecule has 2 heterocycles. The molecule has 0 saturated heterocycles. The van der Waals surface area contributed by atoms with Gasteiger partial charge in [0.15, 0.2) is 0 Å². The number of rotatable bonds is 8. The van der Waals surface area contributed by atoms with Gasteiger partial charge in [-0.25, -0.2) is 4.39 Å². The molecule has 1 aromatic heterocycles. The maximum absolute atomic E-state index is 13.7. The Morgan fingerprint density at radius 1 is 1.12 bits per heavy atom. The van der Waals surface area contributed by atoms with Crippen LogP contribution in [0.25, 0.3) is 22.8 Å². The fourth-order valence-electron chi connectivity index (χ4n) is 3.84. The van der Waals surface area contributed by atoms with Crippen LogP contribution in [0.2, 0.25) is 0 Å². The van der Waals surface area contributed by atoms with E-state index in [2.05, 4.69) is 29.4 Å². The predicted octanol–water partition coefficient (Wildman–Crippen LogP) is 4.65. The molecule has 6 nitrogen and oxygen atoms in total. The van der Waals surface area contributed by atoms with Crippen LogP contribution in [-0.2, 0) is 4.79 Å². The van der Waals surface area contributed by atoms with Crippen molar-refractivity contribution in [3.05, 3.63) is 77.5 Å². The maximum atomic E-state index is 13.7. The summed E-state index contributed by atoms with van der Waals surface area (Å²) in [4.78, 5) is 27.1. The van der Waals surface area contributed by atoms with E-state index in [0.717, 1.165) is 30.8 Å². The van der Waals surface area contributed by atoms with Gasteiger partial charge in [-0.15, -0.1) is 0 Å². The van der Waals surface area contributed by atoms with Crippen molar-refractivity contribution >= 4 is 29.2 Å². The quantitative estimate of drug-likeness (QED) is 0.493. The second kappa shape index (κ2) is 9.83. The van der Waals surface area contributed by atoms with Crippen molar-refractivity contribution < 1.29 is 18.4 Å². The normalized spacial score (nSPS) is 13.9. The minimum Gasteiger partial charge on any atom is -0.464 e. The highest BCUT2D eigenvalue weighted by Crippen LogP contribution is 2.34. The third kappa shape index (κ3) is 5.04. The van der Waals surface area contributed by atoms with E-state index in [-0.39, 0.29) is 11.8 Å². The minimum absolute atomic E-state index is 0.129. The number of hydrogen-bond acceptors (Lipinski definition) is 4. The first-order valence-electron chi connectivity index (χ1n) is 11.0. The van der Waals surface area contributed by atoms with Crippen LogP contribution < -0.4 is 10.6 Å². The lowest BCUT2D eigenvalue weighted by molar-refractivity contribution is -0.110. The van der Waals surface area contributed by atoms with E-state index in [1.54, 1.807) is 24.5 Å². The molecule has 0 unspecified atom stereocenters. The Bertz CT molecular complexity index is 1210. The van der Waals surface area contributed by atoms with Crippen LogP contribution in [0.5, 0.6) is 0 Å². The van der Waals surface area contributed by atoms with Gasteiger partial charge in [-0.05, 0) is 61.1 Å². The molecule has 170 valence electrons. The molecule has 0 aliphatic carbocycles. The maximum Gasteiger partial charge on any atom is 0.256 e. The van der Waals surface area contributed by atoms with Gasteiger partial charge in [-0.3, -0.25) is 9.59 Å². The van der Waals surface area contributed by atoms with Crippen LogP contribution in [0.4, 0.5) is 10.1 Å².